The van der Waals surface area contributed by atoms with Crippen LogP contribution in [0.25, 0.3) is 0 Å². The molecule has 0 unspecified atom stereocenters. The van der Waals surface area contributed by atoms with E-state index in [9.17, 15) is 13.5 Å². The molecular weight excluding hydrogens is 346 g/mol. The summed E-state index contributed by atoms with van der Waals surface area (Å²) in [6, 6.07) is 7.02. The van der Waals surface area contributed by atoms with Crippen molar-refractivity contribution in [3.05, 3.63) is 45.1 Å². The minimum Gasteiger partial charge on any atom is -0.496 e. The van der Waals surface area contributed by atoms with Gasteiger partial charge in [0.25, 0.3) is 0 Å². The van der Waals surface area contributed by atoms with E-state index >= 15 is 0 Å². The van der Waals surface area contributed by atoms with Crippen LogP contribution < -0.4 is 9.46 Å². The van der Waals surface area contributed by atoms with Crippen LogP contribution in [-0.2, 0) is 16.4 Å². The van der Waals surface area contributed by atoms with Crippen molar-refractivity contribution in [2.24, 2.45) is 0 Å². The Kier molecular flexibility index (Phi) is 6.03. The van der Waals surface area contributed by atoms with Gasteiger partial charge in [0.05, 0.1) is 18.1 Å². The number of aryl methyl sites for hydroxylation is 2. The van der Waals surface area contributed by atoms with Crippen molar-refractivity contribution in [1.82, 2.24) is 4.72 Å². The topological polar surface area (TPSA) is 75.6 Å². The Balaban J connectivity index is 2.06. The van der Waals surface area contributed by atoms with Crippen LogP contribution in [0.3, 0.4) is 0 Å². The molecule has 0 aliphatic heterocycles. The maximum Gasteiger partial charge on any atom is 0.240 e. The molecule has 1 atom stereocenters. The summed E-state index contributed by atoms with van der Waals surface area (Å²) in [5.41, 5.74) is 1.58. The highest BCUT2D eigenvalue weighted by Gasteiger charge is 2.17. The summed E-state index contributed by atoms with van der Waals surface area (Å²) in [6.45, 7) is 5.68. The molecule has 1 aromatic heterocycles. The van der Waals surface area contributed by atoms with Gasteiger partial charge in [-0.25, -0.2) is 13.1 Å². The van der Waals surface area contributed by atoms with Gasteiger partial charge in [-0.15, -0.1) is 11.3 Å². The van der Waals surface area contributed by atoms with E-state index in [1.807, 2.05) is 26.0 Å². The molecule has 0 saturated heterocycles. The predicted octanol–water partition coefficient (Wildman–Crippen LogP) is 2.95. The number of benzene rings is 1. The van der Waals surface area contributed by atoms with Crippen molar-refractivity contribution < 1.29 is 18.3 Å². The molecule has 7 heteroatoms. The molecule has 0 fully saturated rings. The summed E-state index contributed by atoms with van der Waals surface area (Å²) >= 11 is 1.50. The van der Waals surface area contributed by atoms with Gasteiger partial charge < -0.3 is 9.84 Å². The van der Waals surface area contributed by atoms with Crippen molar-refractivity contribution in [2.45, 2.75) is 38.2 Å². The standard InChI is InChI=1S/C17H23NO4S2/c1-11-9-15(10-12(2)17(11)22-4)24(20,21)18-8-7-14-5-6-16(23-14)13(3)19/h5-6,9-10,13,18-19H,7-8H2,1-4H3/t13-/m1/s1. The Labute approximate surface area is 147 Å². The van der Waals surface area contributed by atoms with E-state index < -0.39 is 16.1 Å². The summed E-state index contributed by atoms with van der Waals surface area (Å²) in [5, 5.41) is 9.52. The van der Waals surface area contributed by atoms with E-state index in [-0.39, 0.29) is 4.90 Å². The second-order valence-electron chi connectivity index (χ2n) is 5.72. The third-order valence-electron chi connectivity index (χ3n) is 3.71. The summed E-state index contributed by atoms with van der Waals surface area (Å²) < 4.78 is 32.8. The van der Waals surface area contributed by atoms with Crippen LogP contribution in [0.1, 0.15) is 33.9 Å². The Hall–Kier alpha value is -1.41. The molecule has 1 aromatic carbocycles. The van der Waals surface area contributed by atoms with Crippen molar-refractivity contribution in [1.29, 1.82) is 0 Å². The summed E-state index contributed by atoms with van der Waals surface area (Å²) in [5.74, 6) is 0.707. The largest absolute Gasteiger partial charge is 0.496 e. The molecule has 24 heavy (non-hydrogen) atoms. The molecule has 2 rings (SSSR count). The summed E-state index contributed by atoms with van der Waals surface area (Å²) in [7, 11) is -1.99. The first-order chi connectivity index (χ1) is 11.2. The third-order valence-corrected chi connectivity index (χ3v) is 6.46. The number of thiophene rings is 1. The molecule has 0 radical (unpaired) electrons. The van der Waals surface area contributed by atoms with Gasteiger partial charge in [0.15, 0.2) is 0 Å². The molecule has 5 nitrogen and oxygen atoms in total. The molecule has 132 valence electrons. The maximum atomic E-state index is 12.5. The molecule has 0 amide bonds. The highest BCUT2D eigenvalue weighted by molar-refractivity contribution is 7.89. The first kappa shape index (κ1) is 18.9. The zero-order chi connectivity index (χ0) is 17.9. The molecule has 2 aromatic rings. The lowest BCUT2D eigenvalue weighted by molar-refractivity contribution is 0.203. The van der Waals surface area contributed by atoms with Gasteiger partial charge >= 0.3 is 0 Å². The first-order valence-corrected chi connectivity index (χ1v) is 9.96. The third kappa shape index (κ3) is 4.36. The average molecular weight is 370 g/mol. The molecule has 2 N–H and O–H groups in total. The second-order valence-corrected chi connectivity index (χ2v) is 8.69. The quantitative estimate of drug-likeness (QED) is 0.787. The van der Waals surface area contributed by atoms with Crippen molar-refractivity contribution in [3.8, 4) is 5.75 Å². The smallest absolute Gasteiger partial charge is 0.240 e. The van der Waals surface area contributed by atoms with E-state index in [4.69, 9.17) is 4.74 Å². The highest BCUT2D eigenvalue weighted by atomic mass is 32.2. The van der Waals surface area contributed by atoms with Gasteiger partial charge in [-0.3, -0.25) is 0 Å². The molecular formula is C17H23NO4S2. The van der Waals surface area contributed by atoms with Crippen molar-refractivity contribution in [3.63, 3.8) is 0 Å². The fourth-order valence-corrected chi connectivity index (χ4v) is 4.68. The molecule has 0 aliphatic carbocycles. The van der Waals surface area contributed by atoms with Crippen molar-refractivity contribution in [2.75, 3.05) is 13.7 Å². The van der Waals surface area contributed by atoms with Gasteiger partial charge in [0.1, 0.15) is 5.75 Å². The zero-order valence-electron chi connectivity index (χ0n) is 14.3. The van der Waals surface area contributed by atoms with Gasteiger partial charge in [-0.1, -0.05) is 0 Å². The van der Waals surface area contributed by atoms with Crippen LogP contribution >= 0.6 is 11.3 Å². The Morgan fingerprint density at radius 1 is 1.25 bits per heavy atom. The van der Waals surface area contributed by atoms with E-state index in [1.54, 1.807) is 26.2 Å². The first-order valence-electron chi connectivity index (χ1n) is 7.66. The summed E-state index contributed by atoms with van der Waals surface area (Å²) in [4.78, 5) is 2.17. The monoisotopic (exact) mass is 369 g/mol. The number of hydrogen-bond acceptors (Lipinski definition) is 5. The summed E-state index contributed by atoms with van der Waals surface area (Å²) in [6.07, 6.45) is 0.0933. The number of ether oxygens (including phenoxy) is 1. The number of hydrogen-bond donors (Lipinski definition) is 2. The normalized spacial score (nSPS) is 13.0. The number of aliphatic hydroxyl groups excluding tert-OH is 1. The Morgan fingerprint density at radius 3 is 2.38 bits per heavy atom. The molecule has 0 saturated carbocycles. The predicted molar refractivity (Wildman–Crippen MR) is 96.3 cm³/mol. The maximum absolute atomic E-state index is 12.5. The zero-order valence-corrected chi connectivity index (χ0v) is 15.9. The lowest BCUT2D eigenvalue weighted by Gasteiger charge is -2.12. The minimum absolute atomic E-state index is 0.245. The second kappa shape index (κ2) is 7.65. The van der Waals surface area contributed by atoms with E-state index in [2.05, 4.69) is 4.72 Å². The fraction of sp³-hybridized carbons (Fsp3) is 0.412. The number of aliphatic hydroxyl groups is 1. The van der Waals surface area contributed by atoms with Gasteiger partial charge in [0.2, 0.25) is 10.0 Å². The average Bonchev–Trinajstić information content (AvgIpc) is 2.96. The Morgan fingerprint density at radius 2 is 1.88 bits per heavy atom. The van der Waals surface area contributed by atoms with Crippen LogP contribution in [0, 0.1) is 13.8 Å². The number of nitrogens with one attached hydrogen (secondary N) is 1. The molecule has 1 heterocycles. The molecule has 0 bridgehead atoms. The van der Waals surface area contributed by atoms with Gasteiger partial charge in [0, 0.05) is 16.3 Å². The van der Waals surface area contributed by atoms with Crippen molar-refractivity contribution >= 4 is 21.4 Å². The number of rotatable bonds is 7. The number of methoxy groups -OCH3 is 1. The van der Waals surface area contributed by atoms with Gasteiger partial charge in [-0.2, -0.15) is 0 Å². The van der Waals surface area contributed by atoms with Crippen LogP contribution in [0.2, 0.25) is 0 Å². The van der Waals surface area contributed by atoms with Crippen LogP contribution in [-0.4, -0.2) is 27.2 Å². The number of sulfonamides is 1. The van der Waals surface area contributed by atoms with Crippen LogP contribution in [0.5, 0.6) is 5.75 Å². The molecule has 0 spiro atoms. The SMILES string of the molecule is COc1c(C)cc(S(=O)(=O)NCCc2ccc([C@@H](C)O)s2)cc1C. The Bertz CT molecular complexity index is 787. The van der Waals surface area contributed by atoms with E-state index in [1.165, 1.54) is 11.3 Å². The fourth-order valence-electron chi connectivity index (χ4n) is 2.53. The van der Waals surface area contributed by atoms with Crippen LogP contribution in [0.4, 0.5) is 0 Å². The highest BCUT2D eigenvalue weighted by Crippen LogP contribution is 2.26. The lowest BCUT2D eigenvalue weighted by atomic mass is 10.1. The van der Waals surface area contributed by atoms with E-state index in [0.717, 1.165) is 20.9 Å². The van der Waals surface area contributed by atoms with Gasteiger partial charge in [-0.05, 0) is 62.6 Å². The molecule has 0 aliphatic rings. The minimum atomic E-state index is -3.56. The van der Waals surface area contributed by atoms with E-state index in [0.29, 0.717) is 18.7 Å². The lowest BCUT2D eigenvalue weighted by Crippen LogP contribution is -2.26. The van der Waals surface area contributed by atoms with Crippen LogP contribution in [0.15, 0.2) is 29.2 Å².